The van der Waals surface area contributed by atoms with Crippen molar-refractivity contribution in [1.29, 1.82) is 0 Å². The summed E-state index contributed by atoms with van der Waals surface area (Å²) in [5.74, 6) is -0.369. The molecule has 3 aromatic rings. The summed E-state index contributed by atoms with van der Waals surface area (Å²) < 4.78 is 12.9. The number of halogens is 1. The van der Waals surface area contributed by atoms with Gasteiger partial charge in [0.15, 0.2) is 0 Å². The molecule has 0 aliphatic heterocycles. The molecule has 94 valence electrons. The zero-order valence-corrected chi connectivity index (χ0v) is 10.1. The van der Waals surface area contributed by atoms with Crippen molar-refractivity contribution in [2.24, 2.45) is 5.73 Å². The van der Waals surface area contributed by atoms with Crippen LogP contribution in [0.1, 0.15) is 17.3 Å². The Labute approximate surface area is 109 Å². The van der Waals surface area contributed by atoms with E-state index in [0.717, 1.165) is 16.5 Å². The molecule has 3 nitrogen and oxygen atoms in total. The molecule has 19 heavy (non-hydrogen) atoms. The number of aromatic nitrogens is 2. The second kappa shape index (κ2) is 4.74. The molecule has 0 spiro atoms. The zero-order chi connectivity index (χ0) is 13.2. The minimum Gasteiger partial charge on any atom is -0.319 e. The van der Waals surface area contributed by atoms with Crippen molar-refractivity contribution in [3.63, 3.8) is 0 Å². The predicted octanol–water partition coefficient (Wildman–Crippen LogP) is 2.82. The summed E-state index contributed by atoms with van der Waals surface area (Å²) in [6.45, 7) is 0. The number of hydrogen-bond acceptors (Lipinski definition) is 3. The number of para-hydroxylation sites is 1. The molecule has 2 N–H and O–H groups in total. The van der Waals surface area contributed by atoms with Crippen LogP contribution in [-0.2, 0) is 0 Å². The number of nitrogens with zero attached hydrogens (tertiary/aromatic N) is 2. The Balaban J connectivity index is 2.11. The minimum atomic E-state index is -0.417. The molecular weight excluding hydrogens is 241 g/mol. The normalized spacial score (nSPS) is 12.5. The van der Waals surface area contributed by atoms with Crippen molar-refractivity contribution in [2.75, 3.05) is 0 Å². The maximum absolute atomic E-state index is 12.9. The molecule has 3 rings (SSSR count). The fourth-order valence-corrected chi connectivity index (χ4v) is 2.11. The third kappa shape index (κ3) is 2.18. The molecule has 0 aliphatic carbocycles. The second-order valence-corrected chi connectivity index (χ2v) is 4.30. The SMILES string of the molecule is NC(c1ccc(F)cn1)c1cccc2cccnc12. The van der Waals surface area contributed by atoms with Gasteiger partial charge in [0, 0.05) is 17.1 Å². The largest absolute Gasteiger partial charge is 0.319 e. The molecule has 0 amide bonds. The van der Waals surface area contributed by atoms with Gasteiger partial charge in [0.05, 0.1) is 23.4 Å². The summed E-state index contributed by atoms with van der Waals surface area (Å²) in [5.41, 5.74) is 8.57. The molecule has 0 saturated carbocycles. The summed E-state index contributed by atoms with van der Waals surface area (Å²) in [6, 6.07) is 12.2. The Kier molecular flexibility index (Phi) is 2.93. The summed E-state index contributed by atoms with van der Waals surface area (Å²) in [5, 5.41) is 1.03. The van der Waals surface area contributed by atoms with Crippen molar-refractivity contribution in [2.45, 2.75) is 6.04 Å². The Morgan fingerprint density at radius 3 is 2.63 bits per heavy atom. The lowest BCUT2D eigenvalue weighted by atomic mass is 10.0. The van der Waals surface area contributed by atoms with Gasteiger partial charge in [-0.2, -0.15) is 0 Å². The first kappa shape index (κ1) is 11.7. The van der Waals surface area contributed by atoms with Crippen LogP contribution in [0.5, 0.6) is 0 Å². The summed E-state index contributed by atoms with van der Waals surface area (Å²) in [7, 11) is 0. The van der Waals surface area contributed by atoms with Gasteiger partial charge in [-0.15, -0.1) is 0 Å². The van der Waals surface area contributed by atoms with E-state index in [-0.39, 0.29) is 5.82 Å². The Morgan fingerprint density at radius 1 is 1.00 bits per heavy atom. The number of rotatable bonds is 2. The van der Waals surface area contributed by atoms with Gasteiger partial charge >= 0.3 is 0 Å². The molecule has 1 unspecified atom stereocenters. The number of fused-ring (bicyclic) bond motifs is 1. The molecule has 0 saturated heterocycles. The molecule has 0 radical (unpaired) electrons. The quantitative estimate of drug-likeness (QED) is 0.764. The van der Waals surface area contributed by atoms with E-state index in [1.165, 1.54) is 12.3 Å². The first-order valence-corrected chi connectivity index (χ1v) is 5.96. The fraction of sp³-hybridized carbons (Fsp3) is 0.0667. The van der Waals surface area contributed by atoms with Crippen LogP contribution < -0.4 is 5.73 Å². The average molecular weight is 253 g/mol. The van der Waals surface area contributed by atoms with Crippen LogP contribution >= 0.6 is 0 Å². The van der Waals surface area contributed by atoms with E-state index < -0.39 is 6.04 Å². The first-order chi connectivity index (χ1) is 9.25. The lowest BCUT2D eigenvalue weighted by Gasteiger charge is -2.13. The van der Waals surface area contributed by atoms with Gasteiger partial charge < -0.3 is 5.73 Å². The van der Waals surface area contributed by atoms with Crippen molar-refractivity contribution in [3.05, 3.63) is 71.9 Å². The summed E-state index contributed by atoms with van der Waals surface area (Å²) in [6.07, 6.45) is 2.91. The Morgan fingerprint density at radius 2 is 1.84 bits per heavy atom. The van der Waals surface area contributed by atoms with Crippen LogP contribution in [0, 0.1) is 5.82 Å². The van der Waals surface area contributed by atoms with Crippen molar-refractivity contribution >= 4 is 10.9 Å². The van der Waals surface area contributed by atoms with E-state index in [1.54, 1.807) is 12.3 Å². The van der Waals surface area contributed by atoms with Crippen molar-refractivity contribution in [1.82, 2.24) is 9.97 Å². The van der Waals surface area contributed by atoms with Crippen LogP contribution in [0.25, 0.3) is 10.9 Å². The molecule has 2 aromatic heterocycles. The van der Waals surface area contributed by atoms with Crippen molar-refractivity contribution < 1.29 is 4.39 Å². The fourth-order valence-electron chi connectivity index (χ4n) is 2.11. The van der Waals surface area contributed by atoms with E-state index in [0.29, 0.717) is 5.69 Å². The van der Waals surface area contributed by atoms with Gasteiger partial charge in [-0.1, -0.05) is 24.3 Å². The molecule has 0 aliphatic rings. The summed E-state index contributed by atoms with van der Waals surface area (Å²) in [4.78, 5) is 8.40. The Bertz CT molecular complexity index is 705. The number of nitrogens with two attached hydrogens (primary N) is 1. The summed E-state index contributed by atoms with van der Waals surface area (Å²) >= 11 is 0. The first-order valence-electron chi connectivity index (χ1n) is 5.96. The molecule has 2 heterocycles. The minimum absolute atomic E-state index is 0.369. The number of benzene rings is 1. The molecule has 1 aromatic carbocycles. The average Bonchev–Trinajstić information content (AvgIpc) is 2.47. The number of hydrogen-bond donors (Lipinski definition) is 1. The maximum atomic E-state index is 12.9. The Hall–Kier alpha value is -2.33. The van der Waals surface area contributed by atoms with Gasteiger partial charge in [-0.05, 0) is 18.2 Å². The topological polar surface area (TPSA) is 51.8 Å². The smallest absolute Gasteiger partial charge is 0.141 e. The zero-order valence-electron chi connectivity index (χ0n) is 10.1. The highest BCUT2D eigenvalue weighted by Crippen LogP contribution is 2.24. The lowest BCUT2D eigenvalue weighted by molar-refractivity contribution is 0.617. The van der Waals surface area contributed by atoms with E-state index in [9.17, 15) is 4.39 Å². The van der Waals surface area contributed by atoms with Gasteiger partial charge in [0.1, 0.15) is 5.82 Å². The molecule has 0 fully saturated rings. The highest BCUT2D eigenvalue weighted by molar-refractivity contribution is 5.82. The van der Waals surface area contributed by atoms with Gasteiger partial charge in [-0.25, -0.2) is 4.39 Å². The standard InChI is InChI=1S/C15H12FN3/c16-11-6-7-13(19-9-11)14(17)12-5-1-3-10-4-2-8-18-15(10)12/h1-9,14H,17H2. The molecule has 0 bridgehead atoms. The van der Waals surface area contributed by atoms with Crippen LogP contribution in [0.3, 0.4) is 0 Å². The highest BCUT2D eigenvalue weighted by atomic mass is 19.1. The van der Waals surface area contributed by atoms with Crippen molar-refractivity contribution in [3.8, 4) is 0 Å². The second-order valence-electron chi connectivity index (χ2n) is 4.30. The maximum Gasteiger partial charge on any atom is 0.141 e. The van der Waals surface area contributed by atoms with E-state index in [1.807, 2.05) is 30.3 Å². The predicted molar refractivity (Wildman–Crippen MR) is 72.0 cm³/mol. The monoisotopic (exact) mass is 253 g/mol. The third-order valence-electron chi connectivity index (χ3n) is 3.07. The van der Waals surface area contributed by atoms with Gasteiger partial charge in [0.2, 0.25) is 0 Å². The van der Waals surface area contributed by atoms with Gasteiger partial charge in [-0.3, -0.25) is 9.97 Å². The number of pyridine rings is 2. The highest BCUT2D eigenvalue weighted by Gasteiger charge is 2.14. The van der Waals surface area contributed by atoms with Crippen LogP contribution in [0.15, 0.2) is 54.9 Å². The molecule has 4 heteroatoms. The van der Waals surface area contributed by atoms with E-state index >= 15 is 0 Å². The van der Waals surface area contributed by atoms with Gasteiger partial charge in [0.25, 0.3) is 0 Å². The van der Waals surface area contributed by atoms with E-state index in [4.69, 9.17) is 5.73 Å². The lowest BCUT2D eigenvalue weighted by Crippen LogP contribution is -2.14. The van der Waals surface area contributed by atoms with E-state index in [2.05, 4.69) is 9.97 Å². The molecular formula is C15H12FN3. The van der Waals surface area contributed by atoms with Crippen LogP contribution in [0.4, 0.5) is 4.39 Å². The third-order valence-corrected chi connectivity index (χ3v) is 3.07. The molecule has 1 atom stereocenters. The van der Waals surface area contributed by atoms with Crippen LogP contribution in [-0.4, -0.2) is 9.97 Å². The van der Waals surface area contributed by atoms with Crippen LogP contribution in [0.2, 0.25) is 0 Å².